The van der Waals surface area contributed by atoms with Gasteiger partial charge in [0.2, 0.25) is 0 Å². The maximum absolute atomic E-state index is 12.5. The van der Waals surface area contributed by atoms with Gasteiger partial charge in [0.1, 0.15) is 0 Å². The van der Waals surface area contributed by atoms with E-state index in [1.807, 2.05) is 24.3 Å². The molecule has 1 atom stereocenters. The van der Waals surface area contributed by atoms with Crippen LogP contribution in [-0.4, -0.2) is 17.0 Å². The van der Waals surface area contributed by atoms with E-state index < -0.39 is 17.9 Å². The summed E-state index contributed by atoms with van der Waals surface area (Å²) in [5, 5.41) is 12.6. The van der Waals surface area contributed by atoms with Crippen molar-refractivity contribution >= 4 is 35.1 Å². The number of carboxylic acids is 1. The average molecular weight is 394 g/mol. The Balaban J connectivity index is 2.25. The predicted octanol–water partition coefficient (Wildman–Crippen LogP) is 5.24. The molecule has 0 aromatic heterocycles. The highest BCUT2D eigenvalue weighted by molar-refractivity contribution is 6.42. The van der Waals surface area contributed by atoms with Crippen molar-refractivity contribution in [3.8, 4) is 0 Å². The summed E-state index contributed by atoms with van der Waals surface area (Å²) < 4.78 is 0. The molecule has 0 fully saturated rings. The molecule has 2 aromatic carbocycles. The molecule has 0 spiro atoms. The molecule has 0 heterocycles. The van der Waals surface area contributed by atoms with Crippen LogP contribution in [0.15, 0.2) is 42.5 Å². The van der Waals surface area contributed by atoms with Crippen molar-refractivity contribution in [3.63, 3.8) is 0 Å². The molecular formula is C20H21Cl2NO3. The van der Waals surface area contributed by atoms with Gasteiger partial charge in [0.25, 0.3) is 5.91 Å². The zero-order chi connectivity index (χ0) is 19.5. The van der Waals surface area contributed by atoms with E-state index >= 15 is 0 Å². The summed E-state index contributed by atoms with van der Waals surface area (Å²) in [5.41, 5.74) is 2.17. The minimum Gasteiger partial charge on any atom is -0.481 e. The lowest BCUT2D eigenvalue weighted by molar-refractivity contribution is -0.137. The number of amides is 1. The number of carbonyl (C=O) groups is 2. The smallest absolute Gasteiger partial charge is 0.305 e. The third-order valence-electron chi connectivity index (χ3n) is 4.04. The zero-order valence-corrected chi connectivity index (χ0v) is 16.4. The lowest BCUT2D eigenvalue weighted by atomic mass is 9.86. The fourth-order valence-corrected chi connectivity index (χ4v) is 2.82. The van der Waals surface area contributed by atoms with Crippen LogP contribution in [0.4, 0.5) is 0 Å². The fraction of sp³-hybridized carbons (Fsp3) is 0.300. The number of hydrogen-bond donors (Lipinski definition) is 2. The predicted molar refractivity (Wildman–Crippen MR) is 104 cm³/mol. The standard InChI is InChI=1S/C20H21Cl2NO3/c1-20(2,3)14-7-4-12(5-8-14)17(11-18(24)25)23-19(26)13-6-9-15(21)16(22)10-13/h4-10,17H,11H2,1-3H3,(H,23,26)(H,24,25)/t17-/m1/s1. The normalized spacial score (nSPS) is 12.5. The van der Waals surface area contributed by atoms with Crippen LogP contribution in [0.2, 0.25) is 10.0 Å². The lowest BCUT2D eigenvalue weighted by Crippen LogP contribution is -2.30. The van der Waals surface area contributed by atoms with Gasteiger partial charge >= 0.3 is 5.97 Å². The topological polar surface area (TPSA) is 66.4 Å². The number of halogens is 2. The van der Waals surface area contributed by atoms with Gasteiger partial charge < -0.3 is 10.4 Å². The van der Waals surface area contributed by atoms with Crippen LogP contribution in [-0.2, 0) is 10.2 Å². The summed E-state index contributed by atoms with van der Waals surface area (Å²) in [7, 11) is 0. The van der Waals surface area contributed by atoms with E-state index in [4.69, 9.17) is 23.2 Å². The van der Waals surface area contributed by atoms with Crippen LogP contribution in [0.5, 0.6) is 0 Å². The van der Waals surface area contributed by atoms with Crippen LogP contribution in [0.25, 0.3) is 0 Å². The number of benzene rings is 2. The maximum Gasteiger partial charge on any atom is 0.305 e. The molecule has 2 aromatic rings. The summed E-state index contributed by atoms with van der Waals surface area (Å²) in [6.45, 7) is 6.30. The Bertz CT molecular complexity index is 811. The molecule has 0 unspecified atom stereocenters. The number of aliphatic carboxylic acids is 1. The molecule has 4 nitrogen and oxygen atoms in total. The van der Waals surface area contributed by atoms with Gasteiger partial charge in [-0.05, 0) is 34.7 Å². The Hall–Kier alpha value is -2.04. The molecule has 0 saturated carbocycles. The molecule has 0 aliphatic heterocycles. The van der Waals surface area contributed by atoms with Crippen molar-refractivity contribution in [1.29, 1.82) is 0 Å². The molecule has 26 heavy (non-hydrogen) atoms. The van der Waals surface area contributed by atoms with Gasteiger partial charge in [0, 0.05) is 5.56 Å². The van der Waals surface area contributed by atoms with Crippen molar-refractivity contribution in [2.24, 2.45) is 0 Å². The maximum atomic E-state index is 12.5. The molecule has 2 rings (SSSR count). The van der Waals surface area contributed by atoms with Crippen LogP contribution in [0.3, 0.4) is 0 Å². The summed E-state index contributed by atoms with van der Waals surface area (Å²) in [4.78, 5) is 23.7. The molecule has 6 heteroatoms. The van der Waals surface area contributed by atoms with Gasteiger partial charge in [-0.3, -0.25) is 9.59 Å². The molecular weight excluding hydrogens is 373 g/mol. The molecule has 0 aliphatic carbocycles. The Morgan fingerprint density at radius 2 is 1.65 bits per heavy atom. The monoisotopic (exact) mass is 393 g/mol. The Morgan fingerprint density at radius 1 is 1.04 bits per heavy atom. The number of rotatable bonds is 5. The second kappa shape index (κ2) is 8.11. The molecule has 1 amide bonds. The summed E-state index contributed by atoms with van der Waals surface area (Å²) in [5.74, 6) is -1.40. The third kappa shape index (κ3) is 5.23. The second-order valence-electron chi connectivity index (χ2n) is 7.12. The Labute approximate surface area is 163 Å². The minimum atomic E-state index is -0.996. The number of hydrogen-bond acceptors (Lipinski definition) is 2. The highest BCUT2D eigenvalue weighted by Gasteiger charge is 2.21. The van der Waals surface area contributed by atoms with Crippen LogP contribution < -0.4 is 5.32 Å². The van der Waals surface area contributed by atoms with E-state index in [9.17, 15) is 14.7 Å². The van der Waals surface area contributed by atoms with Gasteiger partial charge in [0.15, 0.2) is 0 Å². The first-order chi connectivity index (χ1) is 12.1. The van der Waals surface area contributed by atoms with E-state index in [0.29, 0.717) is 10.6 Å². The van der Waals surface area contributed by atoms with Crippen LogP contribution >= 0.6 is 23.2 Å². The van der Waals surface area contributed by atoms with Gasteiger partial charge in [-0.25, -0.2) is 0 Å². The molecule has 0 aliphatic rings. The third-order valence-corrected chi connectivity index (χ3v) is 4.78. The van der Waals surface area contributed by atoms with Gasteiger partial charge in [0.05, 0.1) is 22.5 Å². The molecule has 0 radical (unpaired) electrons. The average Bonchev–Trinajstić information content (AvgIpc) is 2.55. The van der Waals surface area contributed by atoms with Crippen molar-refractivity contribution in [2.45, 2.75) is 38.6 Å². The second-order valence-corrected chi connectivity index (χ2v) is 7.94. The number of nitrogens with one attached hydrogen (secondary N) is 1. The molecule has 0 saturated heterocycles. The zero-order valence-electron chi connectivity index (χ0n) is 14.8. The van der Waals surface area contributed by atoms with Gasteiger partial charge in [-0.2, -0.15) is 0 Å². The molecule has 138 valence electrons. The number of carboxylic acid groups (broad SMARTS) is 1. The Morgan fingerprint density at radius 3 is 2.15 bits per heavy atom. The largest absolute Gasteiger partial charge is 0.481 e. The summed E-state index contributed by atoms with van der Waals surface area (Å²) >= 11 is 11.8. The minimum absolute atomic E-state index is 0.00979. The summed E-state index contributed by atoms with van der Waals surface area (Å²) in [6.07, 6.45) is -0.220. The first-order valence-electron chi connectivity index (χ1n) is 8.16. The molecule has 2 N–H and O–H groups in total. The quantitative estimate of drug-likeness (QED) is 0.729. The highest BCUT2D eigenvalue weighted by Crippen LogP contribution is 2.26. The molecule has 0 bridgehead atoms. The van der Waals surface area contributed by atoms with Crippen LogP contribution in [0.1, 0.15) is 54.7 Å². The van der Waals surface area contributed by atoms with Gasteiger partial charge in [-0.15, -0.1) is 0 Å². The first-order valence-corrected chi connectivity index (χ1v) is 8.91. The Kier molecular flexibility index (Phi) is 6.32. The van der Waals surface area contributed by atoms with Gasteiger partial charge in [-0.1, -0.05) is 68.2 Å². The van der Waals surface area contributed by atoms with Crippen molar-refractivity contribution in [2.75, 3.05) is 0 Å². The van der Waals surface area contributed by atoms with E-state index in [1.54, 1.807) is 6.07 Å². The van der Waals surface area contributed by atoms with E-state index in [1.165, 1.54) is 12.1 Å². The fourth-order valence-electron chi connectivity index (χ4n) is 2.52. The lowest BCUT2D eigenvalue weighted by Gasteiger charge is -2.22. The van der Waals surface area contributed by atoms with E-state index in [2.05, 4.69) is 26.1 Å². The van der Waals surface area contributed by atoms with Crippen molar-refractivity contribution < 1.29 is 14.7 Å². The first kappa shape index (κ1) is 20.3. The van der Waals surface area contributed by atoms with E-state index in [0.717, 1.165) is 11.1 Å². The van der Waals surface area contributed by atoms with E-state index in [-0.39, 0.29) is 16.9 Å². The van der Waals surface area contributed by atoms with Crippen LogP contribution in [0, 0.1) is 0 Å². The SMILES string of the molecule is CC(C)(C)c1ccc([C@@H](CC(=O)O)NC(=O)c2ccc(Cl)c(Cl)c2)cc1. The summed E-state index contributed by atoms with van der Waals surface area (Å²) in [6, 6.07) is 11.5. The number of carbonyl (C=O) groups excluding carboxylic acids is 1. The highest BCUT2D eigenvalue weighted by atomic mass is 35.5. The van der Waals surface area contributed by atoms with Crippen molar-refractivity contribution in [3.05, 3.63) is 69.2 Å². The van der Waals surface area contributed by atoms with Crippen molar-refractivity contribution in [1.82, 2.24) is 5.32 Å².